The first kappa shape index (κ1) is 14.0. The summed E-state index contributed by atoms with van der Waals surface area (Å²) >= 11 is 1.80. The second-order valence-corrected chi connectivity index (χ2v) is 7.41. The Labute approximate surface area is 144 Å². The van der Waals surface area contributed by atoms with Gasteiger partial charge in [-0.2, -0.15) is 0 Å². The summed E-state index contributed by atoms with van der Waals surface area (Å²) in [6, 6.07) is 14.0. The Balaban J connectivity index is 1.88. The van der Waals surface area contributed by atoms with E-state index in [1.165, 1.54) is 39.4 Å². The number of hydrogen-bond donors (Lipinski definition) is 1. The van der Waals surface area contributed by atoms with Crippen molar-refractivity contribution in [2.45, 2.75) is 25.7 Å². The minimum atomic E-state index is 0.299. The molecule has 2 aromatic carbocycles. The van der Waals surface area contributed by atoms with Gasteiger partial charge in [0.15, 0.2) is 0 Å². The van der Waals surface area contributed by atoms with Crippen LogP contribution in [0.1, 0.15) is 24.0 Å². The molecular weight excluding hydrogens is 314 g/mol. The van der Waals surface area contributed by atoms with E-state index in [4.69, 9.17) is 4.98 Å². The van der Waals surface area contributed by atoms with Crippen LogP contribution in [0.5, 0.6) is 5.75 Å². The average Bonchev–Trinajstić information content (AvgIpc) is 3.10. The molecule has 5 rings (SSSR count). The van der Waals surface area contributed by atoms with E-state index in [0.29, 0.717) is 5.75 Å². The number of hydrogen-bond acceptors (Lipinski definition) is 3. The molecule has 0 amide bonds. The van der Waals surface area contributed by atoms with Gasteiger partial charge in [0, 0.05) is 21.0 Å². The highest BCUT2D eigenvalue weighted by Crippen LogP contribution is 2.39. The van der Waals surface area contributed by atoms with Crippen molar-refractivity contribution in [3.8, 4) is 17.0 Å². The van der Waals surface area contributed by atoms with Crippen LogP contribution in [-0.2, 0) is 12.8 Å². The molecule has 1 aliphatic carbocycles. The van der Waals surface area contributed by atoms with E-state index in [1.807, 2.05) is 12.1 Å². The third-order valence-corrected chi connectivity index (χ3v) is 5.92. The molecule has 0 saturated carbocycles. The van der Waals surface area contributed by atoms with Crippen LogP contribution in [0.2, 0.25) is 0 Å². The van der Waals surface area contributed by atoms with Crippen LogP contribution in [0.25, 0.3) is 32.2 Å². The maximum Gasteiger partial charge on any atom is 0.115 e. The summed E-state index contributed by atoms with van der Waals surface area (Å²) in [4.78, 5) is 5.04. The highest BCUT2D eigenvalue weighted by atomic mass is 32.1. The van der Waals surface area contributed by atoms with E-state index in [0.717, 1.165) is 29.6 Å². The predicted molar refractivity (Wildman–Crippen MR) is 101 cm³/mol. The van der Waals surface area contributed by atoms with Gasteiger partial charge in [-0.1, -0.05) is 0 Å². The van der Waals surface area contributed by atoms with Crippen molar-refractivity contribution in [1.29, 1.82) is 0 Å². The zero-order valence-corrected chi connectivity index (χ0v) is 14.1. The Bertz CT molecular complexity index is 1060. The molecule has 2 nitrogen and oxygen atoms in total. The van der Waals surface area contributed by atoms with Crippen LogP contribution in [0, 0.1) is 0 Å². The third-order valence-electron chi connectivity index (χ3n) is 5.04. The number of rotatable bonds is 1. The zero-order valence-electron chi connectivity index (χ0n) is 13.2. The molecule has 2 heterocycles. The maximum absolute atomic E-state index is 9.59. The number of thiophene rings is 1. The smallest absolute Gasteiger partial charge is 0.115 e. The Hall–Kier alpha value is -2.39. The minimum absolute atomic E-state index is 0.299. The number of aromatic nitrogens is 1. The van der Waals surface area contributed by atoms with Gasteiger partial charge in [0.1, 0.15) is 5.75 Å². The van der Waals surface area contributed by atoms with E-state index < -0.39 is 0 Å². The number of benzene rings is 2. The highest BCUT2D eigenvalue weighted by Gasteiger charge is 2.20. The van der Waals surface area contributed by atoms with Crippen LogP contribution in [-0.4, -0.2) is 10.1 Å². The maximum atomic E-state index is 9.59. The fourth-order valence-corrected chi connectivity index (χ4v) is 4.73. The molecule has 0 atom stereocenters. The molecule has 0 aliphatic heterocycles. The lowest BCUT2D eigenvalue weighted by Crippen LogP contribution is -2.07. The number of nitrogens with zero attached hydrogens (tertiary/aromatic N) is 1. The average molecular weight is 331 g/mol. The Morgan fingerprint density at radius 1 is 0.875 bits per heavy atom. The number of phenols is 1. The quantitative estimate of drug-likeness (QED) is 0.485. The van der Waals surface area contributed by atoms with Gasteiger partial charge in [-0.25, -0.2) is 4.98 Å². The molecule has 0 saturated heterocycles. The van der Waals surface area contributed by atoms with Crippen molar-refractivity contribution >= 4 is 32.3 Å². The Morgan fingerprint density at radius 2 is 1.67 bits per heavy atom. The summed E-state index contributed by atoms with van der Waals surface area (Å²) in [7, 11) is 0. The molecule has 0 bridgehead atoms. The molecule has 118 valence electrons. The van der Waals surface area contributed by atoms with Gasteiger partial charge in [-0.05, 0) is 84.7 Å². The number of pyridine rings is 1. The molecule has 0 unspecified atom stereocenters. The zero-order chi connectivity index (χ0) is 16.1. The van der Waals surface area contributed by atoms with Gasteiger partial charge in [-0.15, -0.1) is 11.3 Å². The van der Waals surface area contributed by atoms with Gasteiger partial charge in [-0.3, -0.25) is 0 Å². The summed E-state index contributed by atoms with van der Waals surface area (Å²) in [5.74, 6) is 0.299. The summed E-state index contributed by atoms with van der Waals surface area (Å²) in [6.45, 7) is 0. The van der Waals surface area contributed by atoms with Crippen molar-refractivity contribution in [3.05, 3.63) is 59.0 Å². The second kappa shape index (κ2) is 5.32. The summed E-state index contributed by atoms with van der Waals surface area (Å²) in [6.07, 6.45) is 4.70. The van der Waals surface area contributed by atoms with Crippen molar-refractivity contribution in [2.75, 3.05) is 0 Å². The molecule has 4 aromatic rings. The fraction of sp³-hybridized carbons (Fsp3) is 0.190. The first-order chi connectivity index (χ1) is 11.8. The third kappa shape index (κ3) is 2.05. The van der Waals surface area contributed by atoms with E-state index in [-0.39, 0.29) is 0 Å². The van der Waals surface area contributed by atoms with Crippen LogP contribution in [0.3, 0.4) is 0 Å². The van der Waals surface area contributed by atoms with Crippen LogP contribution in [0.4, 0.5) is 0 Å². The normalized spacial score (nSPS) is 14.2. The molecule has 3 heteroatoms. The Morgan fingerprint density at radius 3 is 2.50 bits per heavy atom. The fourth-order valence-electron chi connectivity index (χ4n) is 3.93. The van der Waals surface area contributed by atoms with Crippen molar-refractivity contribution in [1.82, 2.24) is 4.98 Å². The molecule has 24 heavy (non-hydrogen) atoms. The first-order valence-corrected chi connectivity index (χ1v) is 9.30. The molecular formula is C21H17NOS. The minimum Gasteiger partial charge on any atom is -0.508 e. The Kier molecular flexibility index (Phi) is 3.10. The summed E-state index contributed by atoms with van der Waals surface area (Å²) in [5, 5.41) is 14.5. The number of aromatic hydroxyl groups is 1. The molecule has 2 aromatic heterocycles. The van der Waals surface area contributed by atoms with Crippen LogP contribution in [0.15, 0.2) is 47.8 Å². The summed E-state index contributed by atoms with van der Waals surface area (Å²) < 4.78 is 1.34. The van der Waals surface area contributed by atoms with Gasteiger partial charge < -0.3 is 5.11 Å². The highest BCUT2D eigenvalue weighted by molar-refractivity contribution is 7.17. The van der Waals surface area contributed by atoms with E-state index >= 15 is 0 Å². The molecule has 1 N–H and O–H groups in total. The number of phenolic OH excluding ortho intramolecular Hbond substituents is 1. The number of fused-ring (bicyclic) bond motifs is 5. The summed E-state index contributed by atoms with van der Waals surface area (Å²) in [5.41, 5.74) is 6.16. The predicted octanol–water partition coefficient (Wildman–Crippen LogP) is 5.70. The van der Waals surface area contributed by atoms with Gasteiger partial charge in [0.2, 0.25) is 0 Å². The van der Waals surface area contributed by atoms with Crippen LogP contribution < -0.4 is 0 Å². The monoisotopic (exact) mass is 331 g/mol. The molecule has 0 spiro atoms. The lowest BCUT2D eigenvalue weighted by Gasteiger charge is -2.22. The van der Waals surface area contributed by atoms with Gasteiger partial charge in [0.25, 0.3) is 0 Å². The first-order valence-electron chi connectivity index (χ1n) is 8.42. The van der Waals surface area contributed by atoms with E-state index in [1.54, 1.807) is 23.5 Å². The molecule has 0 fully saturated rings. The van der Waals surface area contributed by atoms with Crippen molar-refractivity contribution < 1.29 is 5.11 Å². The van der Waals surface area contributed by atoms with E-state index in [2.05, 4.69) is 23.6 Å². The van der Waals surface area contributed by atoms with Crippen molar-refractivity contribution in [2.24, 2.45) is 0 Å². The van der Waals surface area contributed by atoms with Gasteiger partial charge in [0.05, 0.1) is 11.2 Å². The number of aryl methyl sites for hydroxylation is 1. The van der Waals surface area contributed by atoms with Gasteiger partial charge >= 0.3 is 0 Å². The molecule has 0 radical (unpaired) electrons. The van der Waals surface area contributed by atoms with Crippen LogP contribution >= 0.6 is 11.3 Å². The lowest BCUT2D eigenvalue weighted by atomic mass is 9.85. The second-order valence-electron chi connectivity index (χ2n) is 6.46. The van der Waals surface area contributed by atoms with Crippen molar-refractivity contribution in [3.63, 3.8) is 0 Å². The standard InChI is InChI=1S/C21H17NOS/c23-14-7-5-13(6-8-14)21-16-4-2-1-3-15(16)20-17-11-12-24-19(17)10-9-18(20)22-21/h5-12,23H,1-4H2. The lowest BCUT2D eigenvalue weighted by molar-refractivity contribution is 0.475. The topological polar surface area (TPSA) is 33.1 Å². The SMILES string of the molecule is Oc1ccc(-c2nc3ccc4sccc4c3c3c2CCCC3)cc1. The molecule has 1 aliphatic rings. The van der Waals surface area contributed by atoms with E-state index in [9.17, 15) is 5.11 Å². The largest absolute Gasteiger partial charge is 0.508 e.